The van der Waals surface area contributed by atoms with E-state index in [4.69, 9.17) is 0 Å². The molecule has 0 spiro atoms. The molecule has 0 bridgehead atoms. The van der Waals surface area contributed by atoms with E-state index < -0.39 is 0 Å². The highest BCUT2D eigenvalue weighted by atomic mass is 16.2. The van der Waals surface area contributed by atoms with Crippen LogP contribution in [-0.4, -0.2) is 37.0 Å². The first kappa shape index (κ1) is 14.5. The van der Waals surface area contributed by atoms with E-state index >= 15 is 0 Å². The number of piperidine rings is 1. The van der Waals surface area contributed by atoms with E-state index in [1.54, 1.807) is 0 Å². The zero-order chi connectivity index (χ0) is 13.0. The quantitative estimate of drug-likeness (QED) is 0.816. The van der Waals surface area contributed by atoms with Gasteiger partial charge in [-0.25, -0.2) is 0 Å². The highest BCUT2D eigenvalue weighted by molar-refractivity contribution is 5.79. The van der Waals surface area contributed by atoms with Crippen molar-refractivity contribution in [2.24, 2.45) is 17.8 Å². The lowest BCUT2D eigenvalue weighted by atomic mass is 9.91. The first-order valence-corrected chi connectivity index (χ1v) is 6.90. The lowest BCUT2D eigenvalue weighted by molar-refractivity contribution is -0.127. The summed E-state index contributed by atoms with van der Waals surface area (Å²) in [6.45, 7) is 10.8. The van der Waals surface area contributed by atoms with Gasteiger partial charge in [0.25, 0.3) is 0 Å². The molecule has 1 saturated heterocycles. The summed E-state index contributed by atoms with van der Waals surface area (Å²) in [4.78, 5) is 14.5. The summed E-state index contributed by atoms with van der Waals surface area (Å²) in [5.41, 5.74) is 0. The maximum absolute atomic E-state index is 12.2. The Kier molecular flexibility index (Phi) is 5.44. The molecular formula is C14H28N2O. The number of rotatable bonds is 4. The van der Waals surface area contributed by atoms with Gasteiger partial charge in [-0.1, -0.05) is 27.7 Å². The summed E-state index contributed by atoms with van der Waals surface area (Å²) in [5, 5.41) is 3.24. The average molecular weight is 240 g/mol. The molecular weight excluding hydrogens is 212 g/mol. The Morgan fingerprint density at radius 2 is 1.82 bits per heavy atom. The monoisotopic (exact) mass is 240 g/mol. The molecule has 1 atom stereocenters. The Hall–Kier alpha value is -0.570. The highest BCUT2D eigenvalue weighted by Gasteiger charge is 2.27. The molecule has 0 radical (unpaired) electrons. The number of hydrogen-bond acceptors (Lipinski definition) is 2. The summed E-state index contributed by atoms with van der Waals surface area (Å²) in [5.74, 6) is 1.44. The van der Waals surface area contributed by atoms with Crippen LogP contribution in [0.5, 0.6) is 0 Å². The zero-order valence-electron chi connectivity index (χ0n) is 12.0. The standard InChI is InChI=1S/C14H28N2O/c1-10(2)13(11(3)4)15-14(17)12-7-6-8-16(5)9-12/h10-13H,6-9H2,1-5H3,(H,15,17)/t12-/m1/s1. The number of carbonyl (C=O) groups is 1. The van der Waals surface area contributed by atoms with Crippen molar-refractivity contribution in [3.05, 3.63) is 0 Å². The number of nitrogens with one attached hydrogen (secondary N) is 1. The SMILES string of the molecule is CC(C)C(NC(=O)[C@@H]1CCCN(C)C1)C(C)C. The van der Waals surface area contributed by atoms with E-state index in [-0.39, 0.29) is 11.8 Å². The topological polar surface area (TPSA) is 32.3 Å². The molecule has 17 heavy (non-hydrogen) atoms. The van der Waals surface area contributed by atoms with Gasteiger partial charge >= 0.3 is 0 Å². The third-order valence-corrected chi connectivity index (χ3v) is 3.74. The van der Waals surface area contributed by atoms with Crippen LogP contribution in [0.3, 0.4) is 0 Å². The summed E-state index contributed by atoms with van der Waals surface area (Å²) in [6, 6.07) is 0.301. The average Bonchev–Trinajstić information content (AvgIpc) is 2.24. The zero-order valence-corrected chi connectivity index (χ0v) is 12.0. The minimum Gasteiger partial charge on any atom is -0.353 e. The van der Waals surface area contributed by atoms with Crippen LogP contribution in [-0.2, 0) is 4.79 Å². The van der Waals surface area contributed by atoms with Crippen molar-refractivity contribution in [1.82, 2.24) is 10.2 Å². The molecule has 1 fully saturated rings. The predicted molar refractivity (Wildman–Crippen MR) is 71.8 cm³/mol. The predicted octanol–water partition coefficient (Wildman–Crippen LogP) is 2.12. The van der Waals surface area contributed by atoms with E-state index in [2.05, 4.69) is 45.0 Å². The van der Waals surface area contributed by atoms with Crippen molar-refractivity contribution < 1.29 is 4.79 Å². The van der Waals surface area contributed by atoms with Gasteiger partial charge in [0.1, 0.15) is 0 Å². The van der Waals surface area contributed by atoms with E-state index in [9.17, 15) is 4.79 Å². The molecule has 0 saturated carbocycles. The second-order valence-electron chi connectivity index (χ2n) is 6.12. The fourth-order valence-corrected chi connectivity index (χ4v) is 2.77. The molecule has 0 aromatic heterocycles. The van der Waals surface area contributed by atoms with Crippen molar-refractivity contribution in [2.45, 2.75) is 46.6 Å². The Morgan fingerprint density at radius 1 is 1.24 bits per heavy atom. The first-order valence-electron chi connectivity index (χ1n) is 6.90. The molecule has 1 heterocycles. The lowest BCUT2D eigenvalue weighted by Crippen LogP contribution is -2.48. The smallest absolute Gasteiger partial charge is 0.224 e. The molecule has 0 aliphatic carbocycles. The largest absolute Gasteiger partial charge is 0.353 e. The number of amides is 1. The van der Waals surface area contributed by atoms with Gasteiger partial charge in [0.15, 0.2) is 0 Å². The molecule has 0 aromatic rings. The van der Waals surface area contributed by atoms with Gasteiger partial charge in [0, 0.05) is 12.6 Å². The summed E-state index contributed by atoms with van der Waals surface area (Å²) in [7, 11) is 2.10. The third kappa shape index (κ3) is 4.30. The second-order valence-corrected chi connectivity index (χ2v) is 6.12. The van der Waals surface area contributed by atoms with E-state index in [0.717, 1.165) is 25.9 Å². The fourth-order valence-electron chi connectivity index (χ4n) is 2.77. The third-order valence-electron chi connectivity index (χ3n) is 3.74. The van der Waals surface area contributed by atoms with E-state index in [0.29, 0.717) is 17.9 Å². The van der Waals surface area contributed by atoms with Crippen molar-refractivity contribution in [3.63, 3.8) is 0 Å². The van der Waals surface area contributed by atoms with Gasteiger partial charge < -0.3 is 10.2 Å². The van der Waals surface area contributed by atoms with Crippen LogP contribution in [0.25, 0.3) is 0 Å². The van der Waals surface area contributed by atoms with Crippen LogP contribution in [0, 0.1) is 17.8 Å². The van der Waals surface area contributed by atoms with E-state index in [1.807, 2.05) is 0 Å². The van der Waals surface area contributed by atoms with E-state index in [1.165, 1.54) is 0 Å². The van der Waals surface area contributed by atoms with Crippen molar-refractivity contribution >= 4 is 5.91 Å². The molecule has 0 unspecified atom stereocenters. The summed E-state index contributed by atoms with van der Waals surface area (Å²) >= 11 is 0. The Balaban J connectivity index is 2.51. The van der Waals surface area contributed by atoms with Gasteiger partial charge in [-0.15, -0.1) is 0 Å². The van der Waals surface area contributed by atoms with Gasteiger partial charge in [0.05, 0.1) is 5.92 Å². The minimum atomic E-state index is 0.189. The van der Waals surface area contributed by atoms with Crippen LogP contribution in [0.15, 0.2) is 0 Å². The van der Waals surface area contributed by atoms with Crippen molar-refractivity contribution in [2.75, 3.05) is 20.1 Å². The van der Waals surface area contributed by atoms with Crippen molar-refractivity contribution in [1.29, 1.82) is 0 Å². The van der Waals surface area contributed by atoms with Gasteiger partial charge in [-0.2, -0.15) is 0 Å². The molecule has 1 aliphatic heterocycles. The van der Waals surface area contributed by atoms with Crippen LogP contribution in [0.2, 0.25) is 0 Å². The van der Waals surface area contributed by atoms with Gasteiger partial charge in [0.2, 0.25) is 5.91 Å². The van der Waals surface area contributed by atoms with Gasteiger partial charge in [-0.3, -0.25) is 4.79 Å². The molecule has 3 nitrogen and oxygen atoms in total. The Morgan fingerprint density at radius 3 is 2.29 bits per heavy atom. The maximum Gasteiger partial charge on any atom is 0.224 e. The van der Waals surface area contributed by atoms with Crippen LogP contribution in [0.1, 0.15) is 40.5 Å². The molecule has 1 amide bonds. The molecule has 0 aromatic carbocycles. The number of hydrogen-bond donors (Lipinski definition) is 1. The van der Waals surface area contributed by atoms with Crippen LogP contribution >= 0.6 is 0 Å². The number of nitrogens with zero attached hydrogens (tertiary/aromatic N) is 1. The Labute approximate surface area is 106 Å². The van der Waals surface area contributed by atoms with Crippen LogP contribution in [0.4, 0.5) is 0 Å². The lowest BCUT2D eigenvalue weighted by Gasteiger charge is -2.32. The highest BCUT2D eigenvalue weighted by Crippen LogP contribution is 2.18. The number of carbonyl (C=O) groups excluding carboxylic acids is 1. The molecule has 1 rings (SSSR count). The molecule has 3 heteroatoms. The summed E-state index contributed by atoms with van der Waals surface area (Å²) in [6.07, 6.45) is 2.18. The number of likely N-dealkylation sites (tertiary alicyclic amines) is 1. The summed E-state index contributed by atoms with van der Waals surface area (Å²) < 4.78 is 0. The van der Waals surface area contributed by atoms with Crippen LogP contribution < -0.4 is 5.32 Å². The van der Waals surface area contributed by atoms with Gasteiger partial charge in [-0.05, 0) is 38.3 Å². The maximum atomic E-state index is 12.2. The second kappa shape index (κ2) is 6.39. The minimum absolute atomic E-state index is 0.189. The Bertz CT molecular complexity index is 243. The molecule has 1 aliphatic rings. The molecule has 100 valence electrons. The fraction of sp³-hybridized carbons (Fsp3) is 0.929. The normalized spacial score (nSPS) is 22.5. The first-order chi connectivity index (χ1) is 7.91. The molecule has 1 N–H and O–H groups in total. The van der Waals surface area contributed by atoms with Crippen molar-refractivity contribution in [3.8, 4) is 0 Å².